The molecule has 1 atom stereocenters. The van der Waals surface area contributed by atoms with Gasteiger partial charge in [0, 0.05) is 6.42 Å². The number of benzene rings is 1. The average molecular weight is 220 g/mol. The molecule has 0 radical (unpaired) electrons. The van der Waals surface area contributed by atoms with E-state index >= 15 is 0 Å². The van der Waals surface area contributed by atoms with Crippen molar-refractivity contribution in [2.24, 2.45) is 5.92 Å². The molecule has 1 aromatic rings. The SMILES string of the molecule is CCC(O)(CCC(C)C)Cc1ccccc1. The van der Waals surface area contributed by atoms with Crippen LogP contribution in [0.15, 0.2) is 30.3 Å². The lowest BCUT2D eigenvalue weighted by Crippen LogP contribution is -2.31. The van der Waals surface area contributed by atoms with Crippen LogP contribution in [-0.2, 0) is 6.42 Å². The van der Waals surface area contributed by atoms with Gasteiger partial charge in [-0.15, -0.1) is 0 Å². The molecule has 0 saturated heterocycles. The molecule has 0 aliphatic carbocycles. The molecule has 1 aromatic carbocycles. The highest BCUT2D eigenvalue weighted by molar-refractivity contribution is 5.16. The van der Waals surface area contributed by atoms with Gasteiger partial charge in [-0.1, -0.05) is 51.1 Å². The summed E-state index contributed by atoms with van der Waals surface area (Å²) in [5.41, 5.74) is 0.710. The molecule has 0 aliphatic heterocycles. The van der Waals surface area contributed by atoms with E-state index in [1.807, 2.05) is 18.2 Å². The minimum Gasteiger partial charge on any atom is -0.390 e. The Morgan fingerprint density at radius 2 is 1.81 bits per heavy atom. The van der Waals surface area contributed by atoms with Crippen LogP contribution in [0.4, 0.5) is 0 Å². The lowest BCUT2D eigenvalue weighted by Gasteiger charge is -2.27. The molecule has 1 rings (SSSR count). The zero-order chi connectivity index (χ0) is 12.0. The standard InChI is InChI=1S/C15H24O/c1-4-15(16,11-10-13(2)3)12-14-8-6-5-7-9-14/h5-9,13,16H,4,10-12H2,1-3H3. The van der Waals surface area contributed by atoms with E-state index in [-0.39, 0.29) is 0 Å². The van der Waals surface area contributed by atoms with E-state index in [4.69, 9.17) is 0 Å². The second-order valence-corrected chi connectivity index (χ2v) is 5.17. The predicted octanol–water partition coefficient (Wildman–Crippen LogP) is 3.81. The Labute approximate surface area is 99.5 Å². The molecule has 90 valence electrons. The summed E-state index contributed by atoms with van der Waals surface area (Å²) in [5.74, 6) is 0.661. The second-order valence-electron chi connectivity index (χ2n) is 5.17. The summed E-state index contributed by atoms with van der Waals surface area (Å²) in [6, 6.07) is 10.3. The van der Waals surface area contributed by atoms with E-state index in [2.05, 4.69) is 32.9 Å². The molecule has 1 unspecified atom stereocenters. The van der Waals surface area contributed by atoms with Gasteiger partial charge in [0.05, 0.1) is 5.60 Å². The topological polar surface area (TPSA) is 20.2 Å². The first-order valence-corrected chi connectivity index (χ1v) is 6.32. The highest BCUT2D eigenvalue weighted by Gasteiger charge is 2.24. The highest BCUT2D eigenvalue weighted by Crippen LogP contribution is 2.24. The lowest BCUT2D eigenvalue weighted by molar-refractivity contribution is 0.0227. The van der Waals surface area contributed by atoms with Crippen LogP contribution in [0.1, 0.15) is 45.6 Å². The van der Waals surface area contributed by atoms with E-state index in [1.165, 1.54) is 5.56 Å². The van der Waals surface area contributed by atoms with Gasteiger partial charge in [-0.3, -0.25) is 0 Å². The van der Waals surface area contributed by atoms with Crippen LogP contribution >= 0.6 is 0 Å². The summed E-state index contributed by atoms with van der Waals surface area (Å²) in [5, 5.41) is 10.5. The second kappa shape index (κ2) is 6.05. The molecule has 0 bridgehead atoms. The van der Waals surface area contributed by atoms with Crippen molar-refractivity contribution >= 4 is 0 Å². The lowest BCUT2D eigenvalue weighted by atomic mass is 9.85. The molecular weight excluding hydrogens is 196 g/mol. The van der Waals surface area contributed by atoms with Crippen molar-refractivity contribution in [2.75, 3.05) is 0 Å². The zero-order valence-electron chi connectivity index (χ0n) is 10.7. The fraction of sp³-hybridized carbons (Fsp3) is 0.600. The third-order valence-electron chi connectivity index (χ3n) is 3.22. The molecule has 1 N–H and O–H groups in total. The average Bonchev–Trinajstić information content (AvgIpc) is 2.28. The third kappa shape index (κ3) is 4.36. The first kappa shape index (κ1) is 13.2. The van der Waals surface area contributed by atoms with Gasteiger partial charge in [-0.25, -0.2) is 0 Å². The summed E-state index contributed by atoms with van der Waals surface area (Å²) in [6.07, 6.45) is 3.60. The Morgan fingerprint density at radius 3 is 2.31 bits per heavy atom. The summed E-state index contributed by atoms with van der Waals surface area (Å²) in [7, 11) is 0. The van der Waals surface area contributed by atoms with Crippen LogP contribution in [-0.4, -0.2) is 10.7 Å². The van der Waals surface area contributed by atoms with Crippen molar-refractivity contribution < 1.29 is 5.11 Å². The van der Waals surface area contributed by atoms with Crippen molar-refractivity contribution in [2.45, 2.75) is 52.1 Å². The molecule has 0 aromatic heterocycles. The fourth-order valence-corrected chi connectivity index (χ4v) is 1.92. The van der Waals surface area contributed by atoms with Crippen molar-refractivity contribution in [1.82, 2.24) is 0 Å². The van der Waals surface area contributed by atoms with Gasteiger partial charge < -0.3 is 5.11 Å². The summed E-state index contributed by atoms with van der Waals surface area (Å²) in [6.45, 7) is 6.49. The van der Waals surface area contributed by atoms with Gasteiger partial charge in [-0.2, -0.15) is 0 Å². The summed E-state index contributed by atoms with van der Waals surface area (Å²) < 4.78 is 0. The molecule has 0 spiro atoms. The van der Waals surface area contributed by atoms with E-state index in [0.29, 0.717) is 5.92 Å². The Kier molecular flexibility index (Phi) is 5.01. The number of rotatable bonds is 6. The first-order chi connectivity index (χ1) is 7.56. The van der Waals surface area contributed by atoms with Crippen LogP contribution in [0.5, 0.6) is 0 Å². The maximum absolute atomic E-state index is 10.5. The highest BCUT2D eigenvalue weighted by atomic mass is 16.3. The van der Waals surface area contributed by atoms with E-state index in [1.54, 1.807) is 0 Å². The van der Waals surface area contributed by atoms with Gasteiger partial charge in [0.15, 0.2) is 0 Å². The van der Waals surface area contributed by atoms with Crippen molar-refractivity contribution in [3.05, 3.63) is 35.9 Å². The number of aliphatic hydroxyl groups is 1. The monoisotopic (exact) mass is 220 g/mol. The van der Waals surface area contributed by atoms with Gasteiger partial charge in [0.1, 0.15) is 0 Å². The Hall–Kier alpha value is -0.820. The normalized spacial score (nSPS) is 15.1. The minimum atomic E-state index is -0.522. The molecule has 0 saturated carbocycles. The predicted molar refractivity (Wildman–Crippen MR) is 69.5 cm³/mol. The molecule has 0 aliphatic rings. The van der Waals surface area contributed by atoms with E-state index < -0.39 is 5.60 Å². The van der Waals surface area contributed by atoms with Gasteiger partial charge in [0.2, 0.25) is 0 Å². The van der Waals surface area contributed by atoms with Crippen LogP contribution in [0.2, 0.25) is 0 Å². The van der Waals surface area contributed by atoms with Gasteiger partial charge in [0.25, 0.3) is 0 Å². The smallest absolute Gasteiger partial charge is 0.0685 e. The van der Waals surface area contributed by atoms with Crippen LogP contribution in [0.25, 0.3) is 0 Å². The summed E-state index contributed by atoms with van der Waals surface area (Å²) >= 11 is 0. The fourth-order valence-electron chi connectivity index (χ4n) is 1.92. The molecule has 0 heterocycles. The Bertz CT molecular complexity index is 292. The van der Waals surface area contributed by atoms with Crippen LogP contribution in [0, 0.1) is 5.92 Å². The van der Waals surface area contributed by atoms with Crippen molar-refractivity contribution in [3.63, 3.8) is 0 Å². The molecule has 16 heavy (non-hydrogen) atoms. The molecule has 0 amide bonds. The minimum absolute atomic E-state index is 0.522. The molecule has 1 nitrogen and oxygen atoms in total. The van der Waals surface area contributed by atoms with Crippen LogP contribution < -0.4 is 0 Å². The number of hydrogen-bond donors (Lipinski definition) is 1. The zero-order valence-corrected chi connectivity index (χ0v) is 10.7. The Balaban J connectivity index is 2.59. The maximum atomic E-state index is 10.5. The largest absolute Gasteiger partial charge is 0.390 e. The van der Waals surface area contributed by atoms with Crippen molar-refractivity contribution in [3.8, 4) is 0 Å². The van der Waals surface area contributed by atoms with E-state index in [0.717, 1.165) is 25.7 Å². The summed E-state index contributed by atoms with van der Waals surface area (Å²) in [4.78, 5) is 0. The van der Waals surface area contributed by atoms with E-state index in [9.17, 15) is 5.11 Å². The Morgan fingerprint density at radius 1 is 1.19 bits per heavy atom. The molecular formula is C15H24O. The quantitative estimate of drug-likeness (QED) is 0.773. The maximum Gasteiger partial charge on any atom is 0.0685 e. The number of hydrogen-bond acceptors (Lipinski definition) is 1. The molecule has 1 heteroatoms. The molecule has 0 fully saturated rings. The third-order valence-corrected chi connectivity index (χ3v) is 3.22. The first-order valence-electron chi connectivity index (χ1n) is 6.32. The van der Waals surface area contributed by atoms with Gasteiger partial charge in [-0.05, 0) is 30.7 Å². The van der Waals surface area contributed by atoms with Crippen molar-refractivity contribution in [1.29, 1.82) is 0 Å². The van der Waals surface area contributed by atoms with Gasteiger partial charge >= 0.3 is 0 Å². The van der Waals surface area contributed by atoms with Crippen LogP contribution in [0.3, 0.4) is 0 Å².